The number of aliphatic hydroxyl groups is 1. The van der Waals surface area contributed by atoms with Crippen LogP contribution in [0, 0.1) is 62.6 Å². The summed E-state index contributed by atoms with van der Waals surface area (Å²) in [6.07, 6.45) is 15.4. The van der Waals surface area contributed by atoms with E-state index in [9.17, 15) is 9.90 Å². The molecule has 0 aromatic carbocycles. The number of carbonyl (C=O) groups excluding carboxylic acids is 1. The maximum absolute atomic E-state index is 14.2. The van der Waals surface area contributed by atoms with Gasteiger partial charge in [-0.15, -0.1) is 0 Å². The first-order valence-corrected chi connectivity index (χ1v) is 17.1. The summed E-state index contributed by atoms with van der Waals surface area (Å²) >= 11 is 0. The molecule has 5 saturated carbocycles. The molecule has 0 unspecified atom stereocenters. The summed E-state index contributed by atoms with van der Waals surface area (Å²) in [6, 6.07) is 6.09. The number of fused-ring (bicyclic) bond motifs is 7. The Kier molecular flexibility index (Phi) is 8.61. The molecule has 5 fully saturated rings. The monoisotopic (exact) mass is 643 g/mol. The van der Waals surface area contributed by atoms with Crippen molar-refractivity contribution in [1.29, 1.82) is 0 Å². The van der Waals surface area contributed by atoms with E-state index < -0.39 is 0 Å². The number of aromatic nitrogens is 1. The highest BCUT2D eigenvalue weighted by Crippen LogP contribution is 2.77. The summed E-state index contributed by atoms with van der Waals surface area (Å²) in [5.41, 5.74) is 0.504. The van der Waals surface area contributed by atoms with E-state index in [0.29, 0.717) is 54.1 Å². The third kappa shape index (κ3) is 4.51. The van der Waals surface area contributed by atoms with Gasteiger partial charge in [0.05, 0.1) is 11.5 Å². The van der Waals surface area contributed by atoms with Crippen LogP contribution < -0.4 is 21.5 Å². The first kappa shape index (κ1) is 32.5. The van der Waals surface area contributed by atoms with Gasteiger partial charge in [0.2, 0.25) is 0 Å². The quantitative estimate of drug-likeness (QED) is 0.376. The third-order valence-electron chi connectivity index (χ3n) is 15.1. The number of aliphatic hydroxyl groups excluding tert-OH is 1. The van der Waals surface area contributed by atoms with Crippen LogP contribution in [0.15, 0.2) is 30.6 Å². The van der Waals surface area contributed by atoms with Crippen LogP contribution in [-0.2, 0) is 16.1 Å². The molecule has 0 spiro atoms. The van der Waals surface area contributed by atoms with Gasteiger partial charge in [-0.25, -0.2) is 4.57 Å². The van der Waals surface area contributed by atoms with Crippen LogP contribution in [0.1, 0.15) is 113 Å². The molecule has 4 nitrogen and oxygen atoms in total. The largest absolute Gasteiger partial charge is 1.00 e. The highest BCUT2D eigenvalue weighted by Gasteiger charge is 2.72. The molecule has 0 bridgehead atoms. The number of esters is 1. The van der Waals surface area contributed by atoms with E-state index >= 15 is 0 Å². The predicted molar refractivity (Wildman–Crippen MR) is 163 cm³/mol. The van der Waals surface area contributed by atoms with E-state index in [1.807, 2.05) is 30.6 Å². The van der Waals surface area contributed by atoms with Crippen LogP contribution in [0.3, 0.4) is 0 Å². The maximum atomic E-state index is 14.2. The molecule has 0 radical (unpaired) electrons. The Hall–Kier alpha value is -0.940. The van der Waals surface area contributed by atoms with Crippen molar-refractivity contribution in [3.05, 3.63) is 30.6 Å². The number of hydrogen-bond donors (Lipinski definition) is 1. The Balaban J connectivity index is 0.00000353. The van der Waals surface area contributed by atoms with Crippen LogP contribution in [0.4, 0.5) is 0 Å². The summed E-state index contributed by atoms with van der Waals surface area (Å²) < 4.78 is 8.31. The van der Waals surface area contributed by atoms with Crippen LogP contribution in [0.2, 0.25) is 0 Å². The average molecular weight is 645 g/mol. The van der Waals surface area contributed by atoms with Crippen LogP contribution in [0.25, 0.3) is 0 Å². The van der Waals surface area contributed by atoms with Gasteiger partial charge in [-0.3, -0.25) is 4.79 Å². The molecule has 5 heteroatoms. The number of ether oxygens (including phenoxy) is 1. The standard InChI is InChI=1S/C37H58NO3.BrH/c1-25(2)26-13-18-37(32(40)41-24-23-38-21-9-8-10-22-38)20-19-35(6)27(31(26)37)11-12-29-34(5)16-15-30(39)33(3,4)28(34)14-17-36(29,35)7;/h8-10,21-22,25-31,39H,11-20,23-24H2,1-7H3;1H/q+1;/p-1/t26-,27+,28-,29+,30-,31+,34-,35+,36+,37-;/m0./s1. The van der Waals surface area contributed by atoms with E-state index in [1.165, 1.54) is 32.1 Å². The zero-order valence-corrected chi connectivity index (χ0v) is 29.1. The summed E-state index contributed by atoms with van der Waals surface area (Å²) in [7, 11) is 0. The van der Waals surface area contributed by atoms with E-state index in [4.69, 9.17) is 4.74 Å². The molecule has 5 aliphatic carbocycles. The Labute approximate surface area is 266 Å². The Bertz CT molecular complexity index is 1140. The van der Waals surface area contributed by atoms with E-state index in [-0.39, 0.29) is 50.7 Å². The number of hydrogen-bond acceptors (Lipinski definition) is 3. The SMILES string of the molecule is CC(C)[C@@H]1CC[C@]2(C(=O)OCC[n+]3ccccc3)CC[C@]3(C)[C@H](CC[C@@H]4[C@@]5(C)CC[C@H](O)C(C)(C)[C@@H]5CC[C@]43C)[C@@H]12.[Br-]. The molecule has 10 atom stereocenters. The molecule has 1 N–H and O–H groups in total. The second-order valence-electron chi connectivity index (χ2n) is 16.9. The van der Waals surface area contributed by atoms with Gasteiger partial charge in [-0.05, 0) is 121 Å². The normalized spacial score (nSPS) is 45.5. The van der Waals surface area contributed by atoms with Gasteiger partial charge in [0.1, 0.15) is 0 Å². The molecule has 236 valence electrons. The number of rotatable bonds is 5. The first-order valence-electron chi connectivity index (χ1n) is 17.1. The lowest BCUT2D eigenvalue weighted by Crippen LogP contribution is -3.00. The zero-order chi connectivity index (χ0) is 29.4. The molecular formula is C37H58BrNO3. The maximum Gasteiger partial charge on any atom is 0.312 e. The number of pyridine rings is 1. The lowest BCUT2D eigenvalue weighted by Gasteiger charge is -2.72. The van der Waals surface area contributed by atoms with Crippen molar-refractivity contribution in [2.75, 3.05) is 6.61 Å². The highest BCUT2D eigenvalue weighted by atomic mass is 79.9. The highest BCUT2D eigenvalue weighted by molar-refractivity contribution is 5.78. The fourth-order valence-corrected chi connectivity index (χ4v) is 12.7. The lowest BCUT2D eigenvalue weighted by atomic mass is 9.32. The van der Waals surface area contributed by atoms with E-state index in [0.717, 1.165) is 32.1 Å². The minimum Gasteiger partial charge on any atom is -1.00 e. The summed E-state index contributed by atoms with van der Waals surface area (Å²) in [5, 5.41) is 11.0. The smallest absolute Gasteiger partial charge is 0.312 e. The van der Waals surface area contributed by atoms with Crippen LogP contribution >= 0.6 is 0 Å². The van der Waals surface area contributed by atoms with E-state index in [1.54, 1.807) is 0 Å². The average Bonchev–Trinajstić information content (AvgIpc) is 3.33. The van der Waals surface area contributed by atoms with Crippen molar-refractivity contribution in [2.45, 2.75) is 125 Å². The molecule has 5 aliphatic rings. The first-order chi connectivity index (χ1) is 19.3. The third-order valence-corrected chi connectivity index (χ3v) is 15.1. The van der Waals surface area contributed by atoms with Crippen LogP contribution in [0.5, 0.6) is 0 Å². The fraction of sp³-hybridized carbons (Fsp3) is 0.838. The number of carbonyl (C=O) groups is 1. The van der Waals surface area contributed by atoms with Crippen molar-refractivity contribution in [3.8, 4) is 0 Å². The Morgan fingerprint density at radius 3 is 2.26 bits per heavy atom. The zero-order valence-electron chi connectivity index (χ0n) is 27.5. The fourth-order valence-electron chi connectivity index (χ4n) is 12.7. The van der Waals surface area contributed by atoms with Crippen LogP contribution in [-0.4, -0.2) is 23.8 Å². The van der Waals surface area contributed by atoms with Gasteiger partial charge >= 0.3 is 5.97 Å². The predicted octanol–water partition coefficient (Wildman–Crippen LogP) is 4.62. The number of halogens is 1. The van der Waals surface area contributed by atoms with Crippen molar-refractivity contribution < 1.29 is 36.2 Å². The minimum atomic E-state index is -0.304. The van der Waals surface area contributed by atoms with Gasteiger partial charge < -0.3 is 26.8 Å². The van der Waals surface area contributed by atoms with Gasteiger partial charge in [-0.1, -0.05) is 54.5 Å². The van der Waals surface area contributed by atoms with Gasteiger partial charge in [0, 0.05) is 12.1 Å². The van der Waals surface area contributed by atoms with Gasteiger partial charge in [-0.2, -0.15) is 0 Å². The lowest BCUT2D eigenvalue weighted by molar-refractivity contribution is -0.698. The summed E-state index contributed by atoms with van der Waals surface area (Å²) in [6.45, 7) is 18.6. The van der Waals surface area contributed by atoms with Gasteiger partial charge in [0.15, 0.2) is 25.5 Å². The minimum absolute atomic E-state index is 0. The van der Waals surface area contributed by atoms with Crippen molar-refractivity contribution in [3.63, 3.8) is 0 Å². The molecule has 0 saturated heterocycles. The molecule has 1 aromatic rings. The second-order valence-corrected chi connectivity index (χ2v) is 16.9. The second kappa shape index (κ2) is 11.1. The van der Waals surface area contributed by atoms with Gasteiger partial charge in [0.25, 0.3) is 0 Å². The molecule has 6 rings (SSSR count). The Morgan fingerprint density at radius 2 is 1.57 bits per heavy atom. The molecule has 0 aliphatic heterocycles. The topological polar surface area (TPSA) is 50.4 Å². The van der Waals surface area contributed by atoms with Crippen molar-refractivity contribution in [1.82, 2.24) is 0 Å². The Morgan fingerprint density at radius 1 is 0.857 bits per heavy atom. The molecular weight excluding hydrogens is 586 g/mol. The summed E-state index contributed by atoms with van der Waals surface area (Å²) in [5.74, 6) is 3.62. The van der Waals surface area contributed by atoms with E-state index in [2.05, 4.69) is 53.0 Å². The molecule has 0 amide bonds. The number of nitrogens with zero attached hydrogens (tertiary/aromatic N) is 1. The molecule has 1 heterocycles. The summed E-state index contributed by atoms with van der Waals surface area (Å²) in [4.78, 5) is 14.2. The molecule has 1 aromatic heterocycles. The molecule has 42 heavy (non-hydrogen) atoms. The van der Waals surface area contributed by atoms with Crippen molar-refractivity contribution >= 4 is 5.97 Å². The van der Waals surface area contributed by atoms with Crippen molar-refractivity contribution in [2.24, 2.45) is 62.6 Å².